The van der Waals surface area contributed by atoms with E-state index in [9.17, 15) is 0 Å². The van der Waals surface area contributed by atoms with Gasteiger partial charge < -0.3 is 10.1 Å². The van der Waals surface area contributed by atoms with Crippen LogP contribution in [0.4, 0.5) is 0 Å². The Hall–Kier alpha value is -0.0800. The van der Waals surface area contributed by atoms with Crippen molar-refractivity contribution in [2.75, 3.05) is 13.2 Å². The van der Waals surface area contributed by atoms with Gasteiger partial charge in [0, 0.05) is 12.6 Å². The minimum Gasteiger partial charge on any atom is -0.376 e. The van der Waals surface area contributed by atoms with Crippen molar-refractivity contribution in [1.82, 2.24) is 5.32 Å². The summed E-state index contributed by atoms with van der Waals surface area (Å²) in [5, 5.41) is 3.73. The van der Waals surface area contributed by atoms with Gasteiger partial charge in [0.15, 0.2) is 0 Å². The zero-order valence-corrected chi connectivity index (χ0v) is 11.8. The average molecular weight is 239 g/mol. The summed E-state index contributed by atoms with van der Waals surface area (Å²) < 4.78 is 6.19. The Morgan fingerprint density at radius 1 is 1.24 bits per heavy atom. The third-order valence-electron chi connectivity index (χ3n) is 4.38. The van der Waals surface area contributed by atoms with Crippen LogP contribution in [0.5, 0.6) is 0 Å². The summed E-state index contributed by atoms with van der Waals surface area (Å²) in [5.41, 5.74) is 0.391. The van der Waals surface area contributed by atoms with E-state index in [0.717, 1.165) is 19.1 Å². The zero-order chi connectivity index (χ0) is 12.3. The second-order valence-corrected chi connectivity index (χ2v) is 6.63. The molecule has 0 aromatic carbocycles. The molecule has 2 atom stereocenters. The van der Waals surface area contributed by atoms with Gasteiger partial charge in [-0.05, 0) is 50.0 Å². The van der Waals surface area contributed by atoms with E-state index >= 15 is 0 Å². The van der Waals surface area contributed by atoms with Crippen LogP contribution >= 0.6 is 0 Å². The molecule has 2 saturated carbocycles. The second-order valence-electron chi connectivity index (χ2n) is 6.63. The molecule has 2 fully saturated rings. The lowest BCUT2D eigenvalue weighted by molar-refractivity contribution is -0.0409. The van der Waals surface area contributed by atoms with Gasteiger partial charge in [0.2, 0.25) is 0 Å². The lowest BCUT2D eigenvalue weighted by Crippen LogP contribution is -2.53. The largest absolute Gasteiger partial charge is 0.376 e. The molecule has 0 amide bonds. The number of rotatable bonds is 6. The molecule has 0 bridgehead atoms. The molecule has 0 saturated heterocycles. The fourth-order valence-electron chi connectivity index (χ4n) is 3.02. The van der Waals surface area contributed by atoms with E-state index in [0.29, 0.717) is 17.6 Å². The summed E-state index contributed by atoms with van der Waals surface area (Å²) in [6.07, 6.45) is 8.35. The van der Waals surface area contributed by atoms with Crippen LogP contribution in [0.2, 0.25) is 0 Å². The molecule has 2 aliphatic rings. The van der Waals surface area contributed by atoms with E-state index in [1.165, 1.54) is 38.5 Å². The molecule has 2 aliphatic carbocycles. The van der Waals surface area contributed by atoms with Gasteiger partial charge in [-0.2, -0.15) is 0 Å². The first kappa shape index (κ1) is 13.4. The topological polar surface area (TPSA) is 21.3 Å². The molecule has 2 nitrogen and oxygen atoms in total. The van der Waals surface area contributed by atoms with E-state index in [1.54, 1.807) is 0 Å². The molecule has 1 N–H and O–H groups in total. The highest BCUT2D eigenvalue weighted by molar-refractivity contribution is 4.94. The molecule has 0 aromatic rings. The minimum absolute atomic E-state index is 0.391. The molecule has 2 unspecified atom stereocenters. The first-order chi connectivity index (χ1) is 8.13. The summed E-state index contributed by atoms with van der Waals surface area (Å²) >= 11 is 0. The Morgan fingerprint density at radius 3 is 2.65 bits per heavy atom. The third-order valence-corrected chi connectivity index (χ3v) is 4.38. The van der Waals surface area contributed by atoms with Crippen molar-refractivity contribution in [2.45, 2.75) is 71.4 Å². The first-order valence-electron chi connectivity index (χ1n) is 7.48. The van der Waals surface area contributed by atoms with E-state index in [-0.39, 0.29) is 0 Å². The van der Waals surface area contributed by atoms with Crippen LogP contribution < -0.4 is 5.32 Å². The van der Waals surface area contributed by atoms with E-state index in [4.69, 9.17) is 4.74 Å². The standard InChI is InChI=1S/C15H29NO/c1-4-10-16-14-13(17-11-12-7-8-12)6-5-9-15(14,2)3/h12-14,16H,4-11H2,1-3H3. The number of nitrogens with one attached hydrogen (secondary N) is 1. The van der Waals surface area contributed by atoms with Crippen molar-refractivity contribution in [3.8, 4) is 0 Å². The van der Waals surface area contributed by atoms with Gasteiger partial charge in [-0.25, -0.2) is 0 Å². The lowest BCUT2D eigenvalue weighted by Gasteiger charge is -2.44. The molecular weight excluding hydrogens is 210 g/mol. The van der Waals surface area contributed by atoms with Crippen LogP contribution in [0.3, 0.4) is 0 Å². The lowest BCUT2D eigenvalue weighted by atomic mass is 9.71. The minimum atomic E-state index is 0.391. The summed E-state index contributed by atoms with van der Waals surface area (Å²) in [6.45, 7) is 9.16. The highest BCUT2D eigenvalue weighted by Crippen LogP contribution is 2.38. The van der Waals surface area contributed by atoms with Gasteiger partial charge >= 0.3 is 0 Å². The first-order valence-corrected chi connectivity index (χ1v) is 7.48. The summed E-state index contributed by atoms with van der Waals surface area (Å²) in [4.78, 5) is 0. The molecule has 17 heavy (non-hydrogen) atoms. The van der Waals surface area contributed by atoms with Gasteiger partial charge in [-0.1, -0.05) is 27.2 Å². The summed E-state index contributed by atoms with van der Waals surface area (Å²) in [5.74, 6) is 0.881. The quantitative estimate of drug-likeness (QED) is 0.767. The Bertz CT molecular complexity index is 235. The average Bonchev–Trinajstić information content (AvgIpc) is 3.08. The number of hydrogen-bond donors (Lipinski definition) is 1. The predicted molar refractivity (Wildman–Crippen MR) is 72.2 cm³/mol. The molecule has 2 rings (SSSR count). The Balaban J connectivity index is 1.89. The molecule has 0 aliphatic heterocycles. The molecule has 0 radical (unpaired) electrons. The van der Waals surface area contributed by atoms with Crippen molar-refractivity contribution in [3.05, 3.63) is 0 Å². The summed E-state index contributed by atoms with van der Waals surface area (Å²) in [7, 11) is 0. The van der Waals surface area contributed by atoms with Crippen LogP contribution in [0, 0.1) is 11.3 Å². The van der Waals surface area contributed by atoms with Gasteiger partial charge in [0.25, 0.3) is 0 Å². The normalized spacial score (nSPS) is 32.6. The van der Waals surface area contributed by atoms with Crippen LogP contribution in [0.25, 0.3) is 0 Å². The maximum Gasteiger partial charge on any atom is 0.0733 e. The van der Waals surface area contributed by atoms with Crippen LogP contribution in [0.1, 0.15) is 59.3 Å². The SMILES string of the molecule is CCCNC1C(OCC2CC2)CCCC1(C)C. The number of hydrogen-bond acceptors (Lipinski definition) is 2. The Kier molecular flexibility index (Phi) is 4.48. The monoisotopic (exact) mass is 239 g/mol. The van der Waals surface area contributed by atoms with Crippen molar-refractivity contribution in [1.29, 1.82) is 0 Å². The molecule has 0 spiro atoms. The van der Waals surface area contributed by atoms with Crippen LogP contribution in [-0.2, 0) is 4.74 Å². The Labute approximate surface area is 107 Å². The van der Waals surface area contributed by atoms with Crippen molar-refractivity contribution in [2.24, 2.45) is 11.3 Å². The maximum atomic E-state index is 6.19. The zero-order valence-electron chi connectivity index (χ0n) is 11.8. The maximum absolute atomic E-state index is 6.19. The number of ether oxygens (including phenoxy) is 1. The van der Waals surface area contributed by atoms with Gasteiger partial charge in [-0.15, -0.1) is 0 Å². The molecule has 0 aromatic heterocycles. The molecule has 0 heterocycles. The second kappa shape index (κ2) is 5.71. The fourth-order valence-corrected chi connectivity index (χ4v) is 3.02. The van der Waals surface area contributed by atoms with E-state index in [2.05, 4.69) is 26.1 Å². The van der Waals surface area contributed by atoms with Crippen molar-refractivity contribution >= 4 is 0 Å². The van der Waals surface area contributed by atoms with Gasteiger partial charge in [-0.3, -0.25) is 0 Å². The smallest absolute Gasteiger partial charge is 0.0733 e. The van der Waals surface area contributed by atoms with Gasteiger partial charge in [0.05, 0.1) is 6.10 Å². The van der Waals surface area contributed by atoms with Crippen LogP contribution in [0.15, 0.2) is 0 Å². The van der Waals surface area contributed by atoms with Gasteiger partial charge in [0.1, 0.15) is 0 Å². The van der Waals surface area contributed by atoms with Crippen LogP contribution in [-0.4, -0.2) is 25.3 Å². The van der Waals surface area contributed by atoms with Crippen molar-refractivity contribution in [3.63, 3.8) is 0 Å². The Morgan fingerprint density at radius 2 is 2.00 bits per heavy atom. The highest BCUT2D eigenvalue weighted by Gasteiger charge is 2.39. The molecule has 100 valence electrons. The van der Waals surface area contributed by atoms with E-state index in [1.807, 2.05) is 0 Å². The predicted octanol–water partition coefficient (Wildman–Crippen LogP) is 3.36. The molecule has 2 heteroatoms. The third kappa shape index (κ3) is 3.69. The van der Waals surface area contributed by atoms with Crippen molar-refractivity contribution < 1.29 is 4.74 Å². The fraction of sp³-hybridized carbons (Fsp3) is 1.00. The van der Waals surface area contributed by atoms with E-state index < -0.39 is 0 Å². The molecular formula is C15H29NO. The highest BCUT2D eigenvalue weighted by atomic mass is 16.5. The summed E-state index contributed by atoms with van der Waals surface area (Å²) in [6, 6.07) is 0.551.